The van der Waals surface area contributed by atoms with Gasteiger partial charge in [0, 0.05) is 17.6 Å². The molecule has 0 unspecified atom stereocenters. The van der Waals surface area contributed by atoms with Crippen LogP contribution in [0.3, 0.4) is 0 Å². The Morgan fingerprint density at radius 1 is 1.06 bits per heavy atom. The van der Waals surface area contributed by atoms with Crippen LogP contribution in [-0.2, 0) is 22.7 Å². The van der Waals surface area contributed by atoms with E-state index >= 15 is 0 Å². The quantitative estimate of drug-likeness (QED) is 0.501. The third kappa shape index (κ3) is 6.78. The van der Waals surface area contributed by atoms with Gasteiger partial charge in [0.2, 0.25) is 17.6 Å². The van der Waals surface area contributed by atoms with Crippen molar-refractivity contribution < 1.29 is 19.1 Å². The molecule has 1 N–H and O–H groups in total. The molecule has 1 atom stereocenters. The van der Waals surface area contributed by atoms with Gasteiger partial charge in [-0.1, -0.05) is 30.3 Å². The van der Waals surface area contributed by atoms with Crippen LogP contribution in [0.1, 0.15) is 33.3 Å². The molecule has 186 valence electrons. The van der Waals surface area contributed by atoms with Gasteiger partial charge >= 0.3 is 0 Å². The first kappa shape index (κ1) is 25.7. The summed E-state index contributed by atoms with van der Waals surface area (Å²) in [4.78, 5) is 29.0. The second-order valence-electron chi connectivity index (χ2n) is 9.14. The molecule has 2 amide bonds. The molecular formula is C25H32N6O4. The van der Waals surface area contributed by atoms with E-state index in [2.05, 4.69) is 20.7 Å². The van der Waals surface area contributed by atoms with E-state index in [-0.39, 0.29) is 24.9 Å². The summed E-state index contributed by atoms with van der Waals surface area (Å²) in [7, 11) is 3.10. The zero-order valence-corrected chi connectivity index (χ0v) is 21.0. The van der Waals surface area contributed by atoms with Crippen molar-refractivity contribution in [3.8, 4) is 22.9 Å². The van der Waals surface area contributed by atoms with Crippen molar-refractivity contribution in [1.82, 2.24) is 30.4 Å². The van der Waals surface area contributed by atoms with Crippen molar-refractivity contribution in [2.24, 2.45) is 0 Å². The van der Waals surface area contributed by atoms with Crippen molar-refractivity contribution in [2.45, 2.75) is 52.4 Å². The first-order chi connectivity index (χ1) is 16.6. The van der Waals surface area contributed by atoms with Crippen molar-refractivity contribution in [2.75, 3.05) is 14.2 Å². The topological polar surface area (TPSA) is 111 Å². The van der Waals surface area contributed by atoms with Crippen LogP contribution in [-0.4, -0.2) is 62.7 Å². The Hall–Kier alpha value is -3.95. The summed E-state index contributed by atoms with van der Waals surface area (Å²) in [5, 5.41) is 15.4. The minimum atomic E-state index is -0.698. The number of aromatic nitrogens is 4. The summed E-state index contributed by atoms with van der Waals surface area (Å²) in [5.41, 5.74) is 1.16. The Kier molecular flexibility index (Phi) is 8.06. The Labute approximate surface area is 205 Å². The van der Waals surface area contributed by atoms with E-state index in [4.69, 9.17) is 9.47 Å². The van der Waals surface area contributed by atoms with E-state index in [9.17, 15) is 9.59 Å². The normalized spacial score (nSPS) is 12.1. The monoisotopic (exact) mass is 480 g/mol. The van der Waals surface area contributed by atoms with Crippen molar-refractivity contribution in [3.05, 3.63) is 54.1 Å². The molecule has 0 fully saturated rings. The van der Waals surface area contributed by atoms with Gasteiger partial charge in [0.05, 0.1) is 14.2 Å². The maximum Gasteiger partial charge on any atom is 0.247 e. The molecule has 0 radical (unpaired) electrons. The molecule has 0 aliphatic rings. The van der Waals surface area contributed by atoms with Crippen molar-refractivity contribution >= 4 is 11.8 Å². The number of carbonyl (C=O) groups is 2. The predicted molar refractivity (Wildman–Crippen MR) is 131 cm³/mol. The van der Waals surface area contributed by atoms with E-state index < -0.39 is 11.6 Å². The molecule has 1 aromatic heterocycles. The number of amides is 2. The molecule has 0 saturated carbocycles. The summed E-state index contributed by atoms with van der Waals surface area (Å²) in [6.45, 7) is 7.52. The lowest BCUT2D eigenvalue weighted by Crippen LogP contribution is -2.53. The molecule has 3 rings (SSSR count). The standard InChI is InChI=1S/C25H32N6O4/c1-17(24(33)26-25(2,3)4)30(15-18-10-8-7-9-11-18)22(32)16-31-28-23(27-29-31)19-12-13-20(34-5)21(14-19)35-6/h7-14,17H,15-16H2,1-6H3,(H,26,33)/t17-/m1/s1. The number of hydrogen-bond acceptors (Lipinski definition) is 7. The number of nitrogens with zero attached hydrogens (tertiary/aromatic N) is 5. The molecule has 3 aromatic rings. The highest BCUT2D eigenvalue weighted by Gasteiger charge is 2.29. The van der Waals surface area contributed by atoms with E-state index in [0.717, 1.165) is 5.56 Å². The minimum Gasteiger partial charge on any atom is -0.493 e. The highest BCUT2D eigenvalue weighted by Crippen LogP contribution is 2.30. The van der Waals surface area contributed by atoms with E-state index in [1.165, 1.54) is 9.70 Å². The number of hydrogen-bond donors (Lipinski definition) is 1. The molecule has 0 bridgehead atoms. The fourth-order valence-corrected chi connectivity index (χ4v) is 3.45. The average molecular weight is 481 g/mol. The molecule has 10 nitrogen and oxygen atoms in total. The van der Waals surface area contributed by atoms with E-state index in [1.54, 1.807) is 39.3 Å². The second kappa shape index (κ2) is 11.0. The zero-order valence-electron chi connectivity index (χ0n) is 21.0. The van der Waals surface area contributed by atoms with Gasteiger partial charge in [0.25, 0.3) is 0 Å². The number of ether oxygens (including phenoxy) is 2. The first-order valence-corrected chi connectivity index (χ1v) is 11.3. The smallest absolute Gasteiger partial charge is 0.247 e. The summed E-state index contributed by atoms with van der Waals surface area (Å²) in [6.07, 6.45) is 0. The van der Waals surface area contributed by atoms with Gasteiger partial charge < -0.3 is 19.7 Å². The molecule has 0 spiro atoms. The van der Waals surface area contributed by atoms with Crippen LogP contribution in [0.4, 0.5) is 0 Å². The largest absolute Gasteiger partial charge is 0.493 e. The second-order valence-corrected chi connectivity index (χ2v) is 9.14. The SMILES string of the molecule is COc1ccc(-c2nnn(CC(=O)N(Cc3ccccc3)[C@H](C)C(=O)NC(C)(C)C)n2)cc1OC. The lowest BCUT2D eigenvalue weighted by molar-refractivity contribution is -0.142. The van der Waals surface area contributed by atoms with Crippen LogP contribution in [0.5, 0.6) is 11.5 Å². The third-order valence-electron chi connectivity index (χ3n) is 5.23. The summed E-state index contributed by atoms with van der Waals surface area (Å²) >= 11 is 0. The summed E-state index contributed by atoms with van der Waals surface area (Å²) in [6, 6.07) is 14.1. The van der Waals surface area contributed by atoms with Gasteiger partial charge in [-0.25, -0.2) is 0 Å². The Morgan fingerprint density at radius 2 is 1.74 bits per heavy atom. The van der Waals surface area contributed by atoms with Gasteiger partial charge in [-0.3, -0.25) is 9.59 Å². The molecule has 0 saturated heterocycles. The van der Waals surface area contributed by atoms with Crippen LogP contribution < -0.4 is 14.8 Å². The summed E-state index contributed by atoms with van der Waals surface area (Å²) < 4.78 is 10.6. The predicted octanol–water partition coefficient (Wildman–Crippen LogP) is 2.69. The van der Waals surface area contributed by atoms with Crippen LogP contribution >= 0.6 is 0 Å². The minimum absolute atomic E-state index is 0.166. The van der Waals surface area contributed by atoms with Gasteiger partial charge in [-0.2, -0.15) is 4.80 Å². The van der Waals surface area contributed by atoms with Gasteiger partial charge in [0.15, 0.2) is 11.5 Å². The number of methoxy groups -OCH3 is 2. The number of carbonyl (C=O) groups excluding carboxylic acids is 2. The highest BCUT2D eigenvalue weighted by atomic mass is 16.5. The first-order valence-electron chi connectivity index (χ1n) is 11.3. The van der Waals surface area contributed by atoms with Crippen LogP contribution in [0.25, 0.3) is 11.4 Å². The lowest BCUT2D eigenvalue weighted by Gasteiger charge is -2.31. The van der Waals surface area contributed by atoms with Crippen LogP contribution in [0.2, 0.25) is 0 Å². The number of rotatable bonds is 9. The average Bonchev–Trinajstić information content (AvgIpc) is 3.29. The summed E-state index contributed by atoms with van der Waals surface area (Å²) in [5.74, 6) is 0.913. The lowest BCUT2D eigenvalue weighted by atomic mass is 10.1. The zero-order chi connectivity index (χ0) is 25.6. The number of benzene rings is 2. The van der Waals surface area contributed by atoms with Crippen molar-refractivity contribution in [1.29, 1.82) is 0 Å². The Morgan fingerprint density at radius 3 is 2.37 bits per heavy atom. The fraction of sp³-hybridized carbons (Fsp3) is 0.400. The molecule has 0 aliphatic heterocycles. The third-order valence-corrected chi connectivity index (χ3v) is 5.23. The Balaban J connectivity index is 1.81. The number of tetrazole rings is 1. The maximum absolute atomic E-state index is 13.3. The number of nitrogens with one attached hydrogen (secondary N) is 1. The van der Waals surface area contributed by atoms with Crippen molar-refractivity contribution in [3.63, 3.8) is 0 Å². The van der Waals surface area contributed by atoms with Crippen LogP contribution in [0, 0.1) is 0 Å². The molecule has 2 aromatic carbocycles. The fourth-order valence-electron chi connectivity index (χ4n) is 3.45. The molecule has 10 heteroatoms. The van der Waals surface area contributed by atoms with Gasteiger partial charge in [0.1, 0.15) is 12.6 Å². The molecule has 0 aliphatic carbocycles. The van der Waals surface area contributed by atoms with Gasteiger partial charge in [-0.05, 0) is 56.7 Å². The molecule has 1 heterocycles. The van der Waals surface area contributed by atoms with E-state index in [1.807, 2.05) is 51.1 Å². The Bertz CT molecular complexity index is 1160. The highest BCUT2D eigenvalue weighted by molar-refractivity contribution is 5.87. The van der Waals surface area contributed by atoms with E-state index in [0.29, 0.717) is 22.9 Å². The van der Waals surface area contributed by atoms with Gasteiger partial charge in [-0.15, -0.1) is 10.2 Å². The molecule has 35 heavy (non-hydrogen) atoms. The van der Waals surface area contributed by atoms with Crippen LogP contribution in [0.15, 0.2) is 48.5 Å². The maximum atomic E-state index is 13.3. The molecular weight excluding hydrogens is 448 g/mol.